The van der Waals surface area contributed by atoms with E-state index in [2.05, 4.69) is 12.0 Å². The highest BCUT2D eigenvalue weighted by Gasteiger charge is 2.81. The molecule has 0 unspecified atom stereocenters. The van der Waals surface area contributed by atoms with Crippen molar-refractivity contribution in [2.24, 2.45) is 16.7 Å². The van der Waals surface area contributed by atoms with E-state index in [9.17, 15) is 24.9 Å². The van der Waals surface area contributed by atoms with Crippen molar-refractivity contribution >= 4 is 11.9 Å². The number of nitrogens with one attached hydrogen (secondary N) is 1. The zero-order valence-corrected chi connectivity index (χ0v) is 20.1. The lowest BCUT2D eigenvalue weighted by molar-refractivity contribution is -0.369. The molecular formula is C23H38N2O7. The Morgan fingerprint density at radius 3 is 2.38 bits per heavy atom. The maximum atomic E-state index is 13.7. The van der Waals surface area contributed by atoms with Gasteiger partial charge in [-0.05, 0) is 32.1 Å². The number of aliphatic hydroxyl groups is 3. The molecule has 3 aliphatic rings. The predicted molar refractivity (Wildman–Crippen MR) is 116 cm³/mol. The van der Waals surface area contributed by atoms with Crippen molar-refractivity contribution in [2.45, 2.75) is 89.0 Å². The molecule has 4 N–H and O–H groups in total. The van der Waals surface area contributed by atoms with Crippen LogP contribution in [0.2, 0.25) is 0 Å². The molecule has 1 saturated heterocycles. The van der Waals surface area contributed by atoms with Gasteiger partial charge < -0.3 is 24.8 Å². The monoisotopic (exact) mass is 454 g/mol. The lowest BCUT2D eigenvalue weighted by Gasteiger charge is -2.71. The summed E-state index contributed by atoms with van der Waals surface area (Å²) in [5, 5.41) is 36.5. The van der Waals surface area contributed by atoms with E-state index in [0.29, 0.717) is 12.8 Å². The highest BCUT2D eigenvalue weighted by molar-refractivity contribution is 5.92. The third-order valence-corrected chi connectivity index (χ3v) is 8.28. The van der Waals surface area contributed by atoms with Gasteiger partial charge in [0.05, 0.1) is 17.8 Å². The van der Waals surface area contributed by atoms with Gasteiger partial charge in [-0.1, -0.05) is 26.8 Å². The number of hydrazine groups is 1. The second-order valence-corrected chi connectivity index (χ2v) is 11.2. The highest BCUT2D eigenvalue weighted by atomic mass is 16.6. The summed E-state index contributed by atoms with van der Waals surface area (Å²) in [7, 11) is 3.20. The number of hydrogen-bond donors (Lipinski definition) is 4. The van der Waals surface area contributed by atoms with Gasteiger partial charge >= 0.3 is 6.09 Å². The second-order valence-electron chi connectivity index (χ2n) is 11.2. The fourth-order valence-electron chi connectivity index (χ4n) is 6.80. The van der Waals surface area contributed by atoms with Crippen LogP contribution in [0.15, 0.2) is 12.7 Å². The van der Waals surface area contributed by atoms with Crippen molar-refractivity contribution in [1.29, 1.82) is 0 Å². The zero-order chi connectivity index (χ0) is 24.5. The Morgan fingerprint density at radius 2 is 1.84 bits per heavy atom. The molecule has 2 saturated carbocycles. The standard InChI is InChI=1S/C23H38N2O7/c1-9-20(4)12-14(27)23(30)21(5)13(26)10-11-19(2,3)16(21)15(28)17(22(23,6)32-20)31-18(29)24-25(7)8/h9,13,15-17,26,28,30H,1,10-12H2,2-8H3,(H,24,29)/t13-,15-,16-,17-,20-,21-,22+,23-/m0/s1. The minimum Gasteiger partial charge on any atom is -0.439 e. The van der Waals surface area contributed by atoms with E-state index in [4.69, 9.17) is 9.47 Å². The predicted octanol–water partition coefficient (Wildman–Crippen LogP) is 1.16. The average Bonchev–Trinajstić information content (AvgIpc) is 2.65. The van der Waals surface area contributed by atoms with Gasteiger partial charge in [-0.3, -0.25) is 10.2 Å². The normalized spacial score (nSPS) is 47.9. The van der Waals surface area contributed by atoms with Crippen molar-refractivity contribution in [1.82, 2.24) is 10.4 Å². The molecule has 3 rings (SSSR count). The summed E-state index contributed by atoms with van der Waals surface area (Å²) in [4.78, 5) is 26.3. The van der Waals surface area contributed by atoms with Crippen molar-refractivity contribution in [3.8, 4) is 0 Å². The molecule has 8 atom stereocenters. The number of rotatable bonds is 3. The molecule has 2 aliphatic carbocycles. The molecule has 182 valence electrons. The van der Waals surface area contributed by atoms with Crippen LogP contribution in [0.4, 0.5) is 4.79 Å². The minimum atomic E-state index is -2.23. The number of carbonyl (C=O) groups excluding carboxylic acids is 2. The van der Waals surface area contributed by atoms with Crippen LogP contribution in [0.5, 0.6) is 0 Å². The quantitative estimate of drug-likeness (QED) is 0.369. The number of fused-ring (bicyclic) bond motifs is 3. The van der Waals surface area contributed by atoms with E-state index in [-0.39, 0.29) is 6.42 Å². The Balaban J connectivity index is 2.26. The topological polar surface area (TPSA) is 129 Å². The third kappa shape index (κ3) is 3.16. The van der Waals surface area contributed by atoms with Gasteiger partial charge in [0.2, 0.25) is 0 Å². The summed E-state index contributed by atoms with van der Waals surface area (Å²) < 4.78 is 12.0. The first kappa shape index (κ1) is 25.1. The Hall–Kier alpha value is -1.52. The third-order valence-electron chi connectivity index (χ3n) is 8.28. The van der Waals surface area contributed by atoms with Crippen LogP contribution in [0.3, 0.4) is 0 Å². The summed E-state index contributed by atoms with van der Waals surface area (Å²) in [6.45, 7) is 12.4. The van der Waals surface area contributed by atoms with Crippen LogP contribution in [-0.2, 0) is 14.3 Å². The van der Waals surface area contributed by atoms with E-state index in [1.807, 2.05) is 13.8 Å². The molecule has 0 aromatic heterocycles. The van der Waals surface area contributed by atoms with Crippen molar-refractivity contribution in [2.75, 3.05) is 14.1 Å². The number of Topliss-reactive ketones (excluding diaryl/α,β-unsaturated/α-hetero) is 1. The van der Waals surface area contributed by atoms with E-state index in [0.717, 1.165) is 0 Å². The van der Waals surface area contributed by atoms with E-state index < -0.39 is 63.7 Å². The molecule has 32 heavy (non-hydrogen) atoms. The SMILES string of the molecule is C=C[C@@]1(C)CC(=O)[C@]2(O)[C@@]3(C)[C@@H](O)CCC(C)(C)[C@@H]3[C@H](O)[C@H](OC(=O)NN(C)C)[C@@]2(C)O1. The summed E-state index contributed by atoms with van der Waals surface area (Å²) >= 11 is 0. The number of ether oxygens (including phenoxy) is 2. The van der Waals surface area contributed by atoms with Gasteiger partial charge in [0.25, 0.3) is 0 Å². The molecule has 0 aromatic carbocycles. The molecular weight excluding hydrogens is 416 g/mol. The van der Waals surface area contributed by atoms with Crippen molar-refractivity contribution in [3.05, 3.63) is 12.7 Å². The van der Waals surface area contributed by atoms with Crippen LogP contribution in [0.25, 0.3) is 0 Å². The van der Waals surface area contributed by atoms with Crippen LogP contribution < -0.4 is 5.43 Å². The first-order valence-electron chi connectivity index (χ1n) is 11.1. The maximum absolute atomic E-state index is 13.7. The maximum Gasteiger partial charge on any atom is 0.422 e. The number of aliphatic hydroxyl groups excluding tert-OH is 2. The van der Waals surface area contributed by atoms with Gasteiger partial charge in [-0.15, -0.1) is 6.58 Å². The van der Waals surface area contributed by atoms with Crippen molar-refractivity contribution in [3.63, 3.8) is 0 Å². The fraction of sp³-hybridized carbons (Fsp3) is 0.826. The lowest BCUT2D eigenvalue weighted by atomic mass is 9.40. The molecule has 0 aromatic rings. The molecule has 0 bridgehead atoms. The number of hydrogen-bond acceptors (Lipinski definition) is 8. The fourth-order valence-corrected chi connectivity index (χ4v) is 6.80. The molecule has 0 spiro atoms. The zero-order valence-electron chi connectivity index (χ0n) is 20.1. The number of nitrogens with zero attached hydrogens (tertiary/aromatic N) is 1. The molecule has 1 aliphatic heterocycles. The molecule has 9 nitrogen and oxygen atoms in total. The molecule has 3 fully saturated rings. The second kappa shape index (κ2) is 7.50. The molecule has 1 amide bonds. The first-order valence-corrected chi connectivity index (χ1v) is 11.1. The summed E-state index contributed by atoms with van der Waals surface area (Å²) in [6, 6.07) is 0. The Labute approximate surface area is 189 Å². The molecule has 9 heteroatoms. The number of ketones is 1. The Morgan fingerprint density at radius 1 is 1.25 bits per heavy atom. The Bertz CT molecular complexity index is 816. The number of amides is 1. The van der Waals surface area contributed by atoms with Crippen LogP contribution >= 0.6 is 0 Å². The van der Waals surface area contributed by atoms with Crippen molar-refractivity contribution < 1.29 is 34.4 Å². The first-order chi connectivity index (χ1) is 14.5. The van der Waals surface area contributed by atoms with E-state index in [1.165, 1.54) is 18.0 Å². The van der Waals surface area contributed by atoms with Gasteiger partial charge in [0.1, 0.15) is 5.60 Å². The Kier molecular flexibility index (Phi) is 5.88. The largest absolute Gasteiger partial charge is 0.439 e. The van der Waals surface area contributed by atoms with E-state index >= 15 is 0 Å². The van der Waals surface area contributed by atoms with Crippen LogP contribution in [0, 0.1) is 16.7 Å². The van der Waals surface area contributed by atoms with Gasteiger partial charge in [0.15, 0.2) is 17.5 Å². The van der Waals surface area contributed by atoms with Gasteiger partial charge in [0, 0.05) is 31.8 Å². The van der Waals surface area contributed by atoms with Gasteiger partial charge in [-0.25, -0.2) is 9.80 Å². The summed E-state index contributed by atoms with van der Waals surface area (Å²) in [5.74, 6) is -1.29. The summed E-state index contributed by atoms with van der Waals surface area (Å²) in [6.07, 6.45) is -2.42. The smallest absolute Gasteiger partial charge is 0.422 e. The van der Waals surface area contributed by atoms with Gasteiger partial charge in [-0.2, -0.15) is 0 Å². The molecule has 1 heterocycles. The number of carbonyl (C=O) groups is 2. The van der Waals surface area contributed by atoms with Crippen LogP contribution in [0.1, 0.15) is 53.9 Å². The van der Waals surface area contributed by atoms with Crippen LogP contribution in [-0.4, -0.2) is 81.4 Å². The van der Waals surface area contributed by atoms with E-state index in [1.54, 1.807) is 27.9 Å². The average molecular weight is 455 g/mol. The summed E-state index contributed by atoms with van der Waals surface area (Å²) in [5.41, 5.74) is -4.79. The highest BCUT2D eigenvalue weighted by Crippen LogP contribution is 2.66. The minimum absolute atomic E-state index is 0.162. The lowest BCUT2D eigenvalue weighted by Crippen LogP contribution is -2.86. The molecule has 0 radical (unpaired) electrons.